The first kappa shape index (κ1) is 19.7. The fraction of sp³-hybridized carbons (Fsp3) is 0.364. The number of carbonyl (C=O) groups excluding carboxylic acids is 1. The lowest BCUT2D eigenvalue weighted by Crippen LogP contribution is -2.41. The van der Waals surface area contributed by atoms with E-state index in [1.165, 1.54) is 6.92 Å². The highest BCUT2D eigenvalue weighted by Crippen LogP contribution is 2.36. The molecule has 0 spiro atoms. The van der Waals surface area contributed by atoms with Crippen LogP contribution in [0.1, 0.15) is 40.2 Å². The summed E-state index contributed by atoms with van der Waals surface area (Å²) in [4.78, 5) is 11.2. The van der Waals surface area contributed by atoms with Crippen LogP contribution in [0.5, 0.6) is 5.75 Å². The quantitative estimate of drug-likeness (QED) is 0.388. The Kier molecular flexibility index (Phi) is 4.55. The summed E-state index contributed by atoms with van der Waals surface area (Å²) in [6.07, 6.45) is 1.98. The minimum absolute atomic E-state index is 0.336. The molecule has 3 aromatic rings. The van der Waals surface area contributed by atoms with E-state index < -0.39 is 7.12 Å². The molecule has 1 fully saturated rings. The van der Waals surface area contributed by atoms with Gasteiger partial charge in [-0.05, 0) is 69.9 Å². The zero-order valence-corrected chi connectivity index (χ0v) is 17.6. The molecule has 0 N–H and O–H groups in total. The number of hydrogen-bond donors (Lipinski definition) is 0. The molecule has 0 unspecified atom stereocenters. The molecule has 1 aromatic heterocycles. The van der Waals surface area contributed by atoms with Crippen molar-refractivity contribution in [3.8, 4) is 11.4 Å². The summed E-state index contributed by atoms with van der Waals surface area (Å²) in [6, 6.07) is 11.5. The smallest absolute Gasteiger partial charge is 0.427 e. The van der Waals surface area contributed by atoms with Gasteiger partial charge in [0.15, 0.2) is 0 Å². The molecule has 2 heterocycles. The fourth-order valence-corrected chi connectivity index (χ4v) is 3.41. The number of fused-ring (bicyclic) bond motifs is 1. The van der Waals surface area contributed by atoms with Gasteiger partial charge < -0.3 is 14.0 Å². The van der Waals surface area contributed by atoms with Crippen molar-refractivity contribution in [2.45, 2.75) is 52.7 Å². The van der Waals surface area contributed by atoms with Crippen LogP contribution in [0.4, 0.5) is 0 Å². The van der Waals surface area contributed by atoms with E-state index in [1.807, 2.05) is 69.8 Å². The zero-order valence-electron chi connectivity index (χ0n) is 17.6. The maximum Gasteiger partial charge on any atom is 0.494 e. The summed E-state index contributed by atoms with van der Waals surface area (Å²) in [7, 11) is -0.405. The van der Waals surface area contributed by atoms with Crippen LogP contribution in [0.2, 0.25) is 0 Å². The van der Waals surface area contributed by atoms with Crippen molar-refractivity contribution in [1.82, 2.24) is 9.78 Å². The summed E-state index contributed by atoms with van der Waals surface area (Å²) in [6.45, 7) is 11.5. The van der Waals surface area contributed by atoms with Crippen molar-refractivity contribution in [2.75, 3.05) is 0 Å². The molecule has 1 aliphatic heterocycles. The second kappa shape index (κ2) is 6.71. The first-order valence-electron chi connectivity index (χ1n) is 9.70. The van der Waals surface area contributed by atoms with E-state index in [0.29, 0.717) is 5.75 Å². The molecule has 1 saturated heterocycles. The SMILES string of the molecule is CC(=O)Oc1ccc(-n2cc3cc(B4OC(C)(C)C(C)(C)O4)ccc3n2)c(C)c1. The molecule has 0 radical (unpaired) electrons. The number of carbonyl (C=O) groups is 1. The first-order valence-corrected chi connectivity index (χ1v) is 9.70. The third-order valence-electron chi connectivity index (χ3n) is 5.73. The molecule has 0 bridgehead atoms. The van der Waals surface area contributed by atoms with Gasteiger partial charge in [0.2, 0.25) is 0 Å². The van der Waals surface area contributed by atoms with E-state index in [4.69, 9.17) is 14.0 Å². The van der Waals surface area contributed by atoms with Gasteiger partial charge >= 0.3 is 13.1 Å². The van der Waals surface area contributed by atoms with Gasteiger partial charge in [0.1, 0.15) is 5.75 Å². The maximum atomic E-state index is 11.2. The van der Waals surface area contributed by atoms with Gasteiger partial charge in [0, 0.05) is 18.5 Å². The van der Waals surface area contributed by atoms with E-state index >= 15 is 0 Å². The second-order valence-electron chi connectivity index (χ2n) is 8.52. The summed E-state index contributed by atoms with van der Waals surface area (Å²) in [5.74, 6) is 0.190. The Morgan fingerprint density at radius 2 is 1.76 bits per heavy atom. The average molecular weight is 392 g/mol. The van der Waals surface area contributed by atoms with Crippen LogP contribution in [0.25, 0.3) is 16.6 Å². The largest absolute Gasteiger partial charge is 0.494 e. The number of nitrogens with zero attached hydrogens (tertiary/aromatic N) is 2. The predicted molar refractivity (Wildman–Crippen MR) is 113 cm³/mol. The van der Waals surface area contributed by atoms with Crippen molar-refractivity contribution in [3.05, 3.63) is 48.2 Å². The minimum Gasteiger partial charge on any atom is -0.427 e. The van der Waals surface area contributed by atoms with Crippen molar-refractivity contribution < 1.29 is 18.8 Å². The number of hydrogen-bond acceptors (Lipinski definition) is 5. The molecule has 4 rings (SSSR count). The number of rotatable bonds is 3. The monoisotopic (exact) mass is 392 g/mol. The number of benzene rings is 2. The van der Waals surface area contributed by atoms with Crippen molar-refractivity contribution >= 4 is 29.5 Å². The van der Waals surface area contributed by atoms with Gasteiger partial charge in [-0.15, -0.1) is 0 Å². The molecule has 29 heavy (non-hydrogen) atoms. The van der Waals surface area contributed by atoms with E-state index in [9.17, 15) is 4.79 Å². The van der Waals surface area contributed by atoms with Crippen molar-refractivity contribution in [2.24, 2.45) is 0 Å². The van der Waals surface area contributed by atoms with Crippen molar-refractivity contribution in [1.29, 1.82) is 0 Å². The highest BCUT2D eigenvalue weighted by atomic mass is 16.7. The van der Waals surface area contributed by atoms with Crippen LogP contribution in [0.3, 0.4) is 0 Å². The second-order valence-corrected chi connectivity index (χ2v) is 8.52. The molecular weight excluding hydrogens is 367 g/mol. The highest BCUT2D eigenvalue weighted by Gasteiger charge is 2.51. The Labute approximate surface area is 170 Å². The third kappa shape index (κ3) is 3.56. The summed E-state index contributed by atoms with van der Waals surface area (Å²) in [5, 5.41) is 5.69. The Morgan fingerprint density at radius 3 is 2.38 bits per heavy atom. The van der Waals surface area contributed by atoms with E-state index in [2.05, 4.69) is 11.2 Å². The highest BCUT2D eigenvalue weighted by molar-refractivity contribution is 6.62. The Morgan fingerprint density at radius 1 is 1.07 bits per heavy atom. The minimum atomic E-state index is -0.405. The van der Waals surface area contributed by atoms with Crippen LogP contribution >= 0.6 is 0 Å². The van der Waals surface area contributed by atoms with Gasteiger partial charge in [-0.3, -0.25) is 4.79 Å². The molecule has 150 valence electrons. The van der Waals surface area contributed by atoms with Crippen LogP contribution in [0, 0.1) is 6.92 Å². The summed E-state index contributed by atoms with van der Waals surface area (Å²) >= 11 is 0. The normalized spacial score (nSPS) is 17.7. The predicted octanol–water partition coefficient (Wildman–Crippen LogP) is 3.56. The average Bonchev–Trinajstić information content (AvgIpc) is 3.11. The molecule has 0 aliphatic carbocycles. The maximum absolute atomic E-state index is 11.2. The molecular formula is C22H25BN2O4. The van der Waals surface area contributed by atoms with Gasteiger partial charge in [-0.2, -0.15) is 5.10 Å². The first-order chi connectivity index (χ1) is 13.6. The Hall–Kier alpha value is -2.64. The molecule has 0 saturated carbocycles. The standard InChI is InChI=1S/C22H25BN2O4/c1-14-11-18(27-15(2)26)8-10-20(14)25-13-16-12-17(7-9-19(16)24-25)23-28-21(3,4)22(5,6)29-23/h7-13H,1-6H3. The zero-order chi connectivity index (χ0) is 21.0. The molecule has 0 atom stereocenters. The number of ether oxygens (including phenoxy) is 1. The summed E-state index contributed by atoms with van der Waals surface area (Å²) < 4.78 is 19.3. The Bertz CT molecular complexity index is 1090. The van der Waals surface area contributed by atoms with Gasteiger partial charge in [-0.25, -0.2) is 4.68 Å². The lowest BCUT2D eigenvalue weighted by atomic mass is 9.79. The van der Waals surface area contributed by atoms with Crippen LogP contribution in [-0.2, 0) is 14.1 Å². The number of aromatic nitrogens is 2. The topological polar surface area (TPSA) is 62.6 Å². The molecule has 1 aliphatic rings. The number of esters is 1. The molecule has 7 heteroatoms. The Balaban J connectivity index is 1.65. The molecule has 2 aromatic carbocycles. The van der Waals surface area contributed by atoms with E-state index in [1.54, 1.807) is 6.07 Å². The van der Waals surface area contributed by atoms with E-state index in [0.717, 1.165) is 27.6 Å². The lowest BCUT2D eigenvalue weighted by molar-refractivity contribution is -0.131. The lowest BCUT2D eigenvalue weighted by Gasteiger charge is -2.32. The molecule has 6 nitrogen and oxygen atoms in total. The number of aryl methyl sites for hydroxylation is 1. The van der Waals surface area contributed by atoms with Gasteiger partial charge in [0.25, 0.3) is 0 Å². The van der Waals surface area contributed by atoms with Crippen LogP contribution in [0.15, 0.2) is 42.6 Å². The fourth-order valence-electron chi connectivity index (χ4n) is 3.41. The van der Waals surface area contributed by atoms with Gasteiger partial charge in [0.05, 0.1) is 22.4 Å². The van der Waals surface area contributed by atoms with Crippen LogP contribution in [-0.4, -0.2) is 34.1 Å². The van der Waals surface area contributed by atoms with E-state index in [-0.39, 0.29) is 17.2 Å². The van der Waals surface area contributed by atoms with Crippen molar-refractivity contribution in [3.63, 3.8) is 0 Å². The third-order valence-corrected chi connectivity index (χ3v) is 5.73. The summed E-state index contributed by atoms with van der Waals surface area (Å²) in [5.41, 5.74) is 2.98. The van der Waals surface area contributed by atoms with Crippen LogP contribution < -0.4 is 10.2 Å². The molecule has 0 amide bonds. The van der Waals surface area contributed by atoms with Gasteiger partial charge in [-0.1, -0.05) is 12.1 Å².